The van der Waals surface area contributed by atoms with Crippen LogP contribution >= 0.6 is 0 Å². The van der Waals surface area contributed by atoms with Gasteiger partial charge in [0.1, 0.15) is 0 Å². The lowest BCUT2D eigenvalue weighted by molar-refractivity contribution is 0.409. The van der Waals surface area contributed by atoms with Crippen molar-refractivity contribution in [1.82, 2.24) is 4.90 Å². The number of fused-ring (bicyclic) bond motifs is 1. The molecule has 0 aromatic heterocycles. The number of rotatable bonds is 1. The first-order chi connectivity index (χ1) is 11.1. The minimum atomic E-state index is 0.552. The fourth-order valence-corrected chi connectivity index (χ4v) is 3.54. The molecule has 2 nitrogen and oxygen atoms in total. The van der Waals surface area contributed by atoms with Crippen molar-refractivity contribution in [3.8, 4) is 11.8 Å². The highest BCUT2D eigenvalue weighted by Gasteiger charge is 2.21. The molecule has 1 aromatic carbocycles. The van der Waals surface area contributed by atoms with Gasteiger partial charge in [0.15, 0.2) is 0 Å². The zero-order valence-electron chi connectivity index (χ0n) is 15.5. The number of anilines is 1. The normalized spacial score (nSPS) is 20.4. The lowest BCUT2D eigenvalue weighted by Crippen LogP contribution is -2.35. The Morgan fingerprint density at radius 1 is 1.17 bits per heavy atom. The van der Waals surface area contributed by atoms with Gasteiger partial charge in [-0.1, -0.05) is 31.8 Å². The molecule has 2 aliphatic heterocycles. The number of hydrogen-bond donors (Lipinski definition) is 0. The summed E-state index contributed by atoms with van der Waals surface area (Å²) in [6.07, 6.45) is 3.64. The van der Waals surface area contributed by atoms with Crippen LogP contribution in [0.1, 0.15) is 51.7 Å². The largest absolute Gasteiger partial charge is 0.369 e. The Balaban J connectivity index is 0.000000924. The lowest BCUT2D eigenvalue weighted by Gasteiger charge is -2.35. The van der Waals surface area contributed by atoms with Crippen molar-refractivity contribution >= 4 is 5.69 Å². The van der Waals surface area contributed by atoms with E-state index in [0.717, 1.165) is 6.54 Å². The third-order valence-electron chi connectivity index (χ3n) is 4.71. The Morgan fingerprint density at radius 2 is 1.96 bits per heavy atom. The minimum Gasteiger partial charge on any atom is -0.369 e. The first-order valence-corrected chi connectivity index (χ1v) is 9.24. The summed E-state index contributed by atoms with van der Waals surface area (Å²) < 4.78 is 0. The quantitative estimate of drug-likeness (QED) is 0.718. The highest BCUT2D eigenvalue weighted by Crippen LogP contribution is 2.31. The van der Waals surface area contributed by atoms with Crippen LogP contribution in [0.25, 0.3) is 0 Å². The van der Waals surface area contributed by atoms with Gasteiger partial charge in [-0.25, -0.2) is 0 Å². The number of nitrogens with zero attached hydrogens (tertiary/aromatic N) is 2. The summed E-state index contributed by atoms with van der Waals surface area (Å²) in [4.78, 5) is 4.90. The summed E-state index contributed by atoms with van der Waals surface area (Å²) in [7, 11) is 2.19. The predicted molar refractivity (Wildman–Crippen MR) is 101 cm³/mol. The molecule has 1 saturated heterocycles. The Morgan fingerprint density at radius 3 is 2.61 bits per heavy atom. The van der Waals surface area contributed by atoms with E-state index in [0.29, 0.717) is 12.0 Å². The monoisotopic (exact) mass is 312 g/mol. The molecule has 2 heterocycles. The first kappa shape index (κ1) is 17.9. The molecule has 0 radical (unpaired) electrons. The number of likely N-dealkylation sites (tertiary alicyclic amines) is 1. The summed E-state index contributed by atoms with van der Waals surface area (Å²) in [5.74, 6) is 7.56. The van der Waals surface area contributed by atoms with Crippen molar-refractivity contribution in [2.75, 3.05) is 31.6 Å². The van der Waals surface area contributed by atoms with Gasteiger partial charge < -0.3 is 9.80 Å². The zero-order valence-corrected chi connectivity index (χ0v) is 15.5. The molecule has 23 heavy (non-hydrogen) atoms. The summed E-state index contributed by atoms with van der Waals surface area (Å²) in [5.41, 5.74) is 4.13. The molecule has 1 unspecified atom stereocenters. The van der Waals surface area contributed by atoms with Crippen molar-refractivity contribution in [3.05, 3.63) is 29.3 Å². The molecular formula is C21H32N2. The van der Waals surface area contributed by atoms with Crippen molar-refractivity contribution in [2.45, 2.75) is 53.0 Å². The van der Waals surface area contributed by atoms with E-state index < -0.39 is 0 Å². The molecule has 2 aliphatic rings. The molecule has 3 rings (SSSR count). The minimum absolute atomic E-state index is 0.552. The topological polar surface area (TPSA) is 6.48 Å². The zero-order chi connectivity index (χ0) is 16.8. The summed E-state index contributed by atoms with van der Waals surface area (Å²) in [6, 6.07) is 7.21. The van der Waals surface area contributed by atoms with Gasteiger partial charge >= 0.3 is 0 Å². The van der Waals surface area contributed by atoms with Crippen LogP contribution in [0, 0.1) is 17.8 Å². The fraction of sp³-hybridized carbons (Fsp3) is 0.619. The lowest BCUT2D eigenvalue weighted by atomic mass is 9.95. The SMILES string of the molecule is CC.CC(C)N1CCCc2c(C#CC3CCN(C)C3)cccc21. The molecule has 0 amide bonds. The van der Waals surface area contributed by atoms with Crippen LogP contribution in [0.15, 0.2) is 18.2 Å². The first-order valence-electron chi connectivity index (χ1n) is 9.24. The summed E-state index contributed by atoms with van der Waals surface area (Å²) >= 11 is 0. The molecule has 0 aliphatic carbocycles. The third kappa shape index (κ3) is 4.30. The van der Waals surface area contributed by atoms with Crippen molar-refractivity contribution < 1.29 is 0 Å². The average Bonchev–Trinajstić information content (AvgIpc) is 2.99. The predicted octanol–water partition coefficient (Wildman–Crippen LogP) is 4.18. The Kier molecular flexibility index (Phi) is 6.54. The van der Waals surface area contributed by atoms with E-state index in [9.17, 15) is 0 Å². The number of benzene rings is 1. The van der Waals surface area contributed by atoms with Crippen molar-refractivity contribution in [1.29, 1.82) is 0 Å². The molecule has 1 atom stereocenters. The second-order valence-corrected chi connectivity index (χ2v) is 6.71. The molecule has 2 heteroatoms. The van der Waals surface area contributed by atoms with Gasteiger partial charge in [-0.2, -0.15) is 0 Å². The molecule has 1 fully saturated rings. The summed E-state index contributed by atoms with van der Waals surface area (Å²) in [5, 5.41) is 0. The van der Waals surface area contributed by atoms with Crippen LogP contribution < -0.4 is 4.90 Å². The van der Waals surface area contributed by atoms with E-state index >= 15 is 0 Å². The molecule has 0 saturated carbocycles. The van der Waals surface area contributed by atoms with Gasteiger partial charge in [-0.3, -0.25) is 0 Å². The summed E-state index contributed by atoms with van der Waals surface area (Å²) in [6.45, 7) is 12.0. The van der Waals surface area contributed by atoms with Crippen LogP contribution in [-0.2, 0) is 6.42 Å². The van der Waals surface area contributed by atoms with Gasteiger partial charge in [-0.05, 0) is 64.4 Å². The molecule has 1 aromatic rings. The van der Waals surface area contributed by atoms with E-state index in [2.05, 4.69) is 60.7 Å². The highest BCUT2D eigenvalue weighted by atomic mass is 15.2. The second kappa shape index (κ2) is 8.41. The standard InChI is InChI=1S/C19H26N2.C2H6/c1-15(2)21-12-5-7-18-17(6-4-8-19(18)21)10-9-16-11-13-20(3)14-16;1-2/h4,6,8,15-16H,5,7,11-14H2,1-3H3;1-2H3. The van der Waals surface area contributed by atoms with E-state index in [1.54, 1.807) is 0 Å². The fourth-order valence-electron chi connectivity index (χ4n) is 3.54. The van der Waals surface area contributed by atoms with Crippen LogP contribution in [-0.4, -0.2) is 37.6 Å². The Bertz CT molecular complexity index is 565. The molecular weight excluding hydrogens is 280 g/mol. The van der Waals surface area contributed by atoms with Gasteiger partial charge in [0.05, 0.1) is 0 Å². The van der Waals surface area contributed by atoms with E-state index in [1.807, 2.05) is 13.8 Å². The van der Waals surface area contributed by atoms with Crippen LogP contribution in [0.5, 0.6) is 0 Å². The van der Waals surface area contributed by atoms with Gasteiger partial charge in [0, 0.05) is 36.3 Å². The third-order valence-corrected chi connectivity index (χ3v) is 4.71. The highest BCUT2D eigenvalue weighted by molar-refractivity contribution is 5.62. The maximum atomic E-state index is 3.51. The molecule has 0 spiro atoms. The van der Waals surface area contributed by atoms with Gasteiger partial charge in [-0.15, -0.1) is 0 Å². The van der Waals surface area contributed by atoms with E-state index in [4.69, 9.17) is 0 Å². The Labute approximate surface area is 142 Å². The number of hydrogen-bond acceptors (Lipinski definition) is 2. The van der Waals surface area contributed by atoms with E-state index in [-0.39, 0.29) is 0 Å². The Hall–Kier alpha value is -1.46. The van der Waals surface area contributed by atoms with Crippen molar-refractivity contribution in [2.24, 2.45) is 5.92 Å². The second-order valence-electron chi connectivity index (χ2n) is 6.71. The van der Waals surface area contributed by atoms with Crippen LogP contribution in [0.3, 0.4) is 0 Å². The maximum Gasteiger partial charge on any atom is 0.0413 e. The van der Waals surface area contributed by atoms with E-state index in [1.165, 1.54) is 49.2 Å². The molecule has 0 N–H and O–H groups in total. The van der Waals surface area contributed by atoms with Crippen molar-refractivity contribution in [3.63, 3.8) is 0 Å². The maximum absolute atomic E-state index is 3.51. The van der Waals surface area contributed by atoms with Crippen LogP contribution in [0.2, 0.25) is 0 Å². The molecule has 126 valence electrons. The molecule has 0 bridgehead atoms. The van der Waals surface area contributed by atoms with Gasteiger partial charge in [0.2, 0.25) is 0 Å². The smallest absolute Gasteiger partial charge is 0.0413 e. The van der Waals surface area contributed by atoms with Crippen LogP contribution in [0.4, 0.5) is 5.69 Å². The average molecular weight is 313 g/mol. The van der Waals surface area contributed by atoms with Gasteiger partial charge in [0.25, 0.3) is 0 Å².